The van der Waals surface area contributed by atoms with Crippen LogP contribution in [0.25, 0.3) is 10.9 Å². The maximum atomic E-state index is 15.8. The van der Waals surface area contributed by atoms with Gasteiger partial charge in [0.1, 0.15) is 22.7 Å². The van der Waals surface area contributed by atoms with Crippen molar-refractivity contribution in [2.45, 2.75) is 112 Å². The predicted octanol–water partition coefficient (Wildman–Crippen LogP) is 5.89. The molecule has 11 rings (SSSR count). The Kier molecular flexibility index (Phi) is 11.6. The number of anilines is 1. The summed E-state index contributed by atoms with van der Waals surface area (Å²) in [5.74, 6) is -1.72. The minimum atomic E-state index is -2.37. The number of aryl methyl sites for hydroxylation is 1. The van der Waals surface area contributed by atoms with Crippen molar-refractivity contribution in [1.82, 2.24) is 20.1 Å². The largest absolute Gasteiger partial charge is 0.496 e. The summed E-state index contributed by atoms with van der Waals surface area (Å²) in [5, 5.41) is 17.7. The second kappa shape index (κ2) is 17.3. The third-order valence-electron chi connectivity index (χ3n) is 18.2. The number of aliphatic hydroxyl groups is 1. The molecule has 72 heavy (non-hydrogen) atoms. The van der Waals surface area contributed by atoms with Crippen molar-refractivity contribution in [3.05, 3.63) is 100 Å². The molecular formula is C56H66FN5O10. The fraction of sp³-hybridized carbons (Fsp3) is 0.536. The number of benzene rings is 3. The Morgan fingerprint density at radius 3 is 2.49 bits per heavy atom. The standard InChI is InChI=1S/C56H66FN5O10/c1-8-52(59-46(64)35-13-16-43-34(24-35)12-10-23-71-43)28-33-29-55(50(65)69-6,45-37(17-21-61(30-33)31-52)38-25-36(57)14-15-41(38)58-45)40-26-39-42(27-44(40)68-5)60(4)48-54(39)19-22-62-20-11-18-53(9-2,47(54)62)49(72-32(3)63)56(48,67)51(66)70-7/h11,13-16,18,24-27,33,47-49,58,67H,8-10,12,17,19-23,28-31H2,1-7H3,(H,59,64)/t33-,47+,48-,49-,52+,53-,54-,55+,56+/m1/s1. The molecular weight excluding hydrogens is 922 g/mol. The highest BCUT2D eigenvalue weighted by Crippen LogP contribution is 2.68. The van der Waals surface area contributed by atoms with E-state index in [0.29, 0.717) is 111 Å². The fourth-order valence-corrected chi connectivity index (χ4v) is 15.5. The molecule has 3 fully saturated rings. The number of esters is 3. The van der Waals surface area contributed by atoms with Gasteiger partial charge in [0.05, 0.1) is 39.5 Å². The van der Waals surface area contributed by atoms with Crippen molar-refractivity contribution < 1.29 is 52.4 Å². The molecule has 4 aromatic rings. The summed E-state index contributed by atoms with van der Waals surface area (Å²) in [4.78, 5) is 68.3. The predicted molar refractivity (Wildman–Crippen MR) is 266 cm³/mol. The molecule has 7 heterocycles. The van der Waals surface area contributed by atoms with E-state index in [-0.39, 0.29) is 24.3 Å². The zero-order chi connectivity index (χ0) is 50.7. The van der Waals surface area contributed by atoms with Gasteiger partial charge in [0.25, 0.3) is 5.91 Å². The molecule has 3 aromatic carbocycles. The van der Waals surface area contributed by atoms with E-state index in [9.17, 15) is 19.5 Å². The topological polar surface area (TPSA) is 172 Å². The zero-order valence-corrected chi connectivity index (χ0v) is 42.3. The van der Waals surface area contributed by atoms with E-state index in [2.05, 4.69) is 33.1 Å². The number of carbonyl (C=O) groups excluding carboxylic acids is 4. The van der Waals surface area contributed by atoms with Gasteiger partial charge in [0.2, 0.25) is 5.60 Å². The van der Waals surface area contributed by atoms with E-state index < -0.39 is 63.3 Å². The lowest BCUT2D eigenvalue weighted by Gasteiger charge is -2.63. The Labute approximate surface area is 419 Å². The van der Waals surface area contributed by atoms with Gasteiger partial charge in [-0.1, -0.05) is 26.0 Å². The number of nitrogens with one attached hydrogen (secondary N) is 2. The van der Waals surface area contributed by atoms with Crippen LogP contribution in [0.3, 0.4) is 0 Å². The van der Waals surface area contributed by atoms with Gasteiger partial charge in [-0.2, -0.15) is 0 Å². The minimum Gasteiger partial charge on any atom is -0.496 e. The van der Waals surface area contributed by atoms with Crippen molar-refractivity contribution in [3.8, 4) is 11.5 Å². The Morgan fingerprint density at radius 2 is 1.75 bits per heavy atom. The summed E-state index contributed by atoms with van der Waals surface area (Å²) in [7, 11) is 6.02. The summed E-state index contributed by atoms with van der Waals surface area (Å²) in [5.41, 5.74) is -1.14. The molecule has 6 aliphatic heterocycles. The summed E-state index contributed by atoms with van der Waals surface area (Å²) >= 11 is 0. The van der Waals surface area contributed by atoms with Crippen molar-refractivity contribution in [2.24, 2.45) is 11.3 Å². The van der Waals surface area contributed by atoms with Crippen LogP contribution in [0, 0.1) is 17.2 Å². The molecule has 2 bridgehead atoms. The molecule has 15 nitrogen and oxygen atoms in total. The SMILES string of the molecule is CC[C@]1(NC(=O)c2ccc3c(c2)CCCO3)C[C@H]2CN(CCc3c([nH]c4ccc(F)cc34)[C@@](C(=O)OC)(c3cc4c(cc3OC)N(C)[C@H]3[C@@](O)(C(=O)OC)[C@H](OC(C)=O)[C@]5(CC)C=CCN6CC[C@]43[C@@H]65)C2)C1. The number of amides is 1. The minimum absolute atomic E-state index is 0.175. The molecule has 1 spiro atoms. The van der Waals surface area contributed by atoms with E-state index in [1.165, 1.54) is 33.3 Å². The number of hydrogen-bond acceptors (Lipinski definition) is 13. The van der Waals surface area contributed by atoms with E-state index in [1.54, 1.807) is 13.2 Å². The molecule has 1 unspecified atom stereocenters. The number of methoxy groups -OCH3 is 3. The number of hydrogen-bond donors (Lipinski definition) is 3. The number of nitrogens with zero attached hydrogens (tertiary/aromatic N) is 3. The van der Waals surface area contributed by atoms with E-state index in [0.717, 1.165) is 35.3 Å². The van der Waals surface area contributed by atoms with Crippen LogP contribution < -0.4 is 19.7 Å². The Morgan fingerprint density at radius 1 is 0.944 bits per heavy atom. The van der Waals surface area contributed by atoms with Crippen LogP contribution in [0.2, 0.25) is 0 Å². The van der Waals surface area contributed by atoms with Gasteiger partial charge in [-0.15, -0.1) is 0 Å². The van der Waals surface area contributed by atoms with Gasteiger partial charge < -0.3 is 48.9 Å². The number of aromatic nitrogens is 1. The van der Waals surface area contributed by atoms with Gasteiger partial charge in [0, 0.05) is 96.5 Å². The van der Waals surface area contributed by atoms with E-state index >= 15 is 9.18 Å². The molecule has 3 N–H and O–H groups in total. The number of halogens is 1. The second-order valence-electron chi connectivity index (χ2n) is 21.6. The normalized spacial score (nSPS) is 33.1. The van der Waals surface area contributed by atoms with Gasteiger partial charge in [-0.3, -0.25) is 19.3 Å². The van der Waals surface area contributed by atoms with E-state index in [4.69, 9.17) is 23.7 Å². The smallest absolute Gasteiger partial charge is 0.344 e. The molecule has 1 saturated carbocycles. The lowest BCUT2D eigenvalue weighted by Crippen LogP contribution is -2.81. The summed E-state index contributed by atoms with van der Waals surface area (Å²) < 4.78 is 45.6. The van der Waals surface area contributed by atoms with Crippen LogP contribution in [0.5, 0.6) is 11.5 Å². The molecule has 10 atom stereocenters. The van der Waals surface area contributed by atoms with Gasteiger partial charge >= 0.3 is 17.9 Å². The average Bonchev–Trinajstić information content (AvgIpc) is 4.04. The number of likely N-dealkylation sites (N-methyl/N-ethyl adjacent to an activating group) is 1. The highest BCUT2D eigenvalue weighted by molar-refractivity contribution is 5.96. The van der Waals surface area contributed by atoms with Crippen molar-refractivity contribution >= 4 is 40.4 Å². The third kappa shape index (κ3) is 6.69. The van der Waals surface area contributed by atoms with Crippen LogP contribution in [0.1, 0.15) is 97.6 Å². The zero-order valence-electron chi connectivity index (χ0n) is 42.3. The van der Waals surface area contributed by atoms with Crippen LogP contribution >= 0.6 is 0 Å². The number of aromatic amines is 1. The Hall–Kier alpha value is -5.97. The van der Waals surface area contributed by atoms with Crippen LogP contribution in [0.4, 0.5) is 10.1 Å². The molecule has 1 aromatic heterocycles. The first-order valence-corrected chi connectivity index (χ1v) is 25.6. The monoisotopic (exact) mass is 987 g/mol. The highest BCUT2D eigenvalue weighted by Gasteiger charge is 2.80. The first-order valence-electron chi connectivity index (χ1n) is 25.6. The second-order valence-corrected chi connectivity index (χ2v) is 21.6. The molecule has 0 radical (unpaired) electrons. The molecule has 1 amide bonds. The summed E-state index contributed by atoms with van der Waals surface area (Å²) in [6.45, 7) is 8.97. The maximum absolute atomic E-state index is 15.8. The van der Waals surface area contributed by atoms with Crippen LogP contribution in [0.15, 0.2) is 60.7 Å². The fourth-order valence-electron chi connectivity index (χ4n) is 15.5. The number of carbonyl (C=O) groups is 4. The molecule has 1 aliphatic carbocycles. The van der Waals surface area contributed by atoms with Gasteiger partial charge in [0.15, 0.2) is 6.10 Å². The number of piperidine rings is 1. The molecule has 16 heteroatoms. The maximum Gasteiger partial charge on any atom is 0.344 e. The van der Waals surface area contributed by atoms with Crippen LogP contribution in [-0.4, -0.2) is 141 Å². The number of H-pyrrole nitrogens is 1. The summed E-state index contributed by atoms with van der Waals surface area (Å²) in [6.07, 6.45) is 7.19. The third-order valence-corrected chi connectivity index (χ3v) is 18.2. The van der Waals surface area contributed by atoms with Gasteiger partial charge in [-0.05, 0) is 123 Å². The Bertz CT molecular complexity index is 2940. The number of fused-ring (bicyclic) bond motifs is 7. The lowest BCUT2D eigenvalue weighted by molar-refractivity contribution is -0.228. The van der Waals surface area contributed by atoms with Crippen molar-refractivity contribution in [1.29, 1.82) is 0 Å². The van der Waals surface area contributed by atoms with Crippen LogP contribution in [-0.2, 0) is 52.3 Å². The first kappa shape index (κ1) is 48.3. The average molecular weight is 988 g/mol. The lowest BCUT2D eigenvalue weighted by atomic mass is 9.47. The van der Waals surface area contributed by atoms with Gasteiger partial charge in [-0.25, -0.2) is 9.18 Å². The summed E-state index contributed by atoms with van der Waals surface area (Å²) in [6, 6.07) is 12.9. The molecule has 2 saturated heterocycles. The van der Waals surface area contributed by atoms with E-state index in [1.807, 2.05) is 55.3 Å². The van der Waals surface area contributed by atoms with Crippen molar-refractivity contribution in [3.63, 3.8) is 0 Å². The highest BCUT2D eigenvalue weighted by atomic mass is 19.1. The van der Waals surface area contributed by atoms with Crippen molar-refractivity contribution in [2.75, 3.05) is 72.6 Å². The molecule has 382 valence electrons. The molecule has 7 aliphatic rings. The first-order chi connectivity index (χ1) is 34.6. The number of rotatable bonds is 9. The quantitative estimate of drug-likeness (QED) is 0.103. The Balaban J connectivity index is 1.13. The number of ether oxygens (including phenoxy) is 5.